The van der Waals surface area contributed by atoms with Gasteiger partial charge in [-0.2, -0.15) is 4.98 Å². The SMILES string of the molecule is Cc1ccc(C(=O)C(C)OC(=O)c2nc3nccc(C)n3n2)cc1C. The third kappa shape index (κ3) is 3.26. The van der Waals surface area contributed by atoms with Crippen LogP contribution in [0.4, 0.5) is 0 Å². The Balaban J connectivity index is 1.77. The Bertz CT molecular complexity index is 978. The highest BCUT2D eigenvalue weighted by molar-refractivity contribution is 6.01. The number of ether oxygens (including phenoxy) is 1. The second kappa shape index (κ2) is 6.43. The molecule has 7 nitrogen and oxygen atoms in total. The van der Waals surface area contributed by atoms with Gasteiger partial charge in [-0.1, -0.05) is 12.1 Å². The molecule has 128 valence electrons. The zero-order valence-electron chi connectivity index (χ0n) is 14.5. The molecule has 1 aromatic carbocycles. The minimum atomic E-state index is -0.935. The summed E-state index contributed by atoms with van der Waals surface area (Å²) in [7, 11) is 0. The number of nitrogens with zero attached hydrogens (tertiary/aromatic N) is 4. The fraction of sp³-hybridized carbons (Fsp3) is 0.278. The van der Waals surface area contributed by atoms with Crippen LogP contribution in [0.3, 0.4) is 0 Å². The number of aromatic nitrogens is 4. The van der Waals surface area contributed by atoms with E-state index in [0.717, 1.165) is 16.8 Å². The van der Waals surface area contributed by atoms with Gasteiger partial charge in [-0.05, 0) is 51.0 Å². The van der Waals surface area contributed by atoms with Gasteiger partial charge in [-0.15, -0.1) is 5.10 Å². The summed E-state index contributed by atoms with van der Waals surface area (Å²) in [6.45, 7) is 7.26. The average molecular weight is 338 g/mol. The fourth-order valence-corrected chi connectivity index (χ4v) is 2.39. The van der Waals surface area contributed by atoms with E-state index in [0.29, 0.717) is 11.3 Å². The molecule has 0 aliphatic rings. The summed E-state index contributed by atoms with van der Waals surface area (Å²) in [6.07, 6.45) is 0.649. The number of carbonyl (C=O) groups excluding carboxylic acids is 2. The molecular formula is C18H18N4O3. The molecule has 0 N–H and O–H groups in total. The Hall–Kier alpha value is -3.09. The Morgan fingerprint density at radius 2 is 1.88 bits per heavy atom. The monoisotopic (exact) mass is 338 g/mol. The van der Waals surface area contributed by atoms with Crippen molar-refractivity contribution in [3.05, 3.63) is 58.7 Å². The molecule has 0 radical (unpaired) electrons. The number of fused-ring (bicyclic) bond motifs is 1. The molecule has 0 aliphatic heterocycles. The predicted octanol–water partition coefficient (Wildman–Crippen LogP) is 2.48. The lowest BCUT2D eigenvalue weighted by Crippen LogP contribution is -2.25. The van der Waals surface area contributed by atoms with E-state index >= 15 is 0 Å². The molecule has 0 amide bonds. The number of hydrogen-bond donors (Lipinski definition) is 0. The smallest absolute Gasteiger partial charge is 0.379 e. The van der Waals surface area contributed by atoms with Crippen molar-refractivity contribution in [3.8, 4) is 0 Å². The number of Topliss-reactive ketones (excluding diaryl/α,β-unsaturated/α-hetero) is 1. The lowest BCUT2D eigenvalue weighted by molar-refractivity contribution is 0.0307. The molecule has 1 atom stereocenters. The highest BCUT2D eigenvalue weighted by atomic mass is 16.5. The number of rotatable bonds is 4. The lowest BCUT2D eigenvalue weighted by Gasteiger charge is -2.12. The number of hydrogen-bond acceptors (Lipinski definition) is 6. The van der Waals surface area contributed by atoms with Crippen LogP contribution in [0.25, 0.3) is 5.78 Å². The summed E-state index contributed by atoms with van der Waals surface area (Å²) >= 11 is 0. The van der Waals surface area contributed by atoms with Crippen LogP contribution in [0.1, 0.15) is 44.7 Å². The van der Waals surface area contributed by atoms with Crippen molar-refractivity contribution >= 4 is 17.5 Å². The Labute approximate surface area is 144 Å². The molecule has 0 bridgehead atoms. The van der Waals surface area contributed by atoms with Gasteiger partial charge in [-0.25, -0.2) is 14.3 Å². The van der Waals surface area contributed by atoms with Crippen LogP contribution >= 0.6 is 0 Å². The fourth-order valence-electron chi connectivity index (χ4n) is 2.39. The van der Waals surface area contributed by atoms with Crippen LogP contribution in [-0.2, 0) is 4.74 Å². The molecule has 0 fully saturated rings. The van der Waals surface area contributed by atoms with Gasteiger partial charge >= 0.3 is 5.97 Å². The van der Waals surface area contributed by atoms with Gasteiger partial charge in [0, 0.05) is 17.5 Å². The molecule has 2 aromatic heterocycles. The summed E-state index contributed by atoms with van der Waals surface area (Å²) < 4.78 is 6.69. The molecule has 0 saturated carbocycles. The maximum absolute atomic E-state index is 12.5. The number of benzene rings is 1. The topological polar surface area (TPSA) is 86.5 Å². The normalized spacial score (nSPS) is 12.2. The summed E-state index contributed by atoms with van der Waals surface area (Å²) in [5.41, 5.74) is 3.39. The van der Waals surface area contributed by atoms with Crippen molar-refractivity contribution in [1.29, 1.82) is 0 Å². The molecule has 0 saturated heterocycles. The van der Waals surface area contributed by atoms with Crippen molar-refractivity contribution in [2.75, 3.05) is 0 Å². The third-order valence-electron chi connectivity index (χ3n) is 4.06. The van der Waals surface area contributed by atoms with Crippen LogP contribution in [0, 0.1) is 20.8 Å². The Kier molecular flexibility index (Phi) is 4.31. The van der Waals surface area contributed by atoms with E-state index in [1.807, 2.05) is 26.8 Å². The van der Waals surface area contributed by atoms with Gasteiger partial charge in [0.2, 0.25) is 5.78 Å². The van der Waals surface area contributed by atoms with Gasteiger partial charge in [0.1, 0.15) is 0 Å². The van der Waals surface area contributed by atoms with Crippen molar-refractivity contribution < 1.29 is 14.3 Å². The van der Waals surface area contributed by atoms with E-state index < -0.39 is 12.1 Å². The van der Waals surface area contributed by atoms with E-state index in [9.17, 15) is 9.59 Å². The first-order valence-corrected chi connectivity index (χ1v) is 7.87. The molecule has 3 rings (SSSR count). The van der Waals surface area contributed by atoms with E-state index in [1.165, 1.54) is 11.4 Å². The molecule has 2 heterocycles. The number of esters is 1. The lowest BCUT2D eigenvalue weighted by atomic mass is 10.0. The molecule has 0 aliphatic carbocycles. The second-order valence-corrected chi connectivity index (χ2v) is 5.94. The molecule has 7 heteroatoms. The molecule has 3 aromatic rings. The van der Waals surface area contributed by atoms with Crippen molar-refractivity contribution in [2.45, 2.75) is 33.8 Å². The van der Waals surface area contributed by atoms with Gasteiger partial charge in [0.25, 0.3) is 11.6 Å². The molecule has 0 spiro atoms. The zero-order valence-corrected chi connectivity index (χ0v) is 14.5. The average Bonchev–Trinajstić information content (AvgIpc) is 3.02. The van der Waals surface area contributed by atoms with E-state index in [4.69, 9.17) is 4.74 Å². The molecule has 1 unspecified atom stereocenters. The quantitative estimate of drug-likeness (QED) is 0.536. The number of carbonyl (C=O) groups is 2. The first kappa shape index (κ1) is 16.8. The number of ketones is 1. The highest BCUT2D eigenvalue weighted by Crippen LogP contribution is 2.14. The summed E-state index contributed by atoms with van der Waals surface area (Å²) in [5.74, 6) is -0.842. The predicted molar refractivity (Wildman–Crippen MR) is 90.6 cm³/mol. The maximum atomic E-state index is 12.5. The van der Waals surface area contributed by atoms with Gasteiger partial charge < -0.3 is 4.74 Å². The molecular weight excluding hydrogens is 320 g/mol. The van der Waals surface area contributed by atoms with Crippen LogP contribution < -0.4 is 0 Å². The minimum Gasteiger partial charge on any atom is -0.448 e. The minimum absolute atomic E-state index is 0.124. The van der Waals surface area contributed by atoms with Crippen molar-refractivity contribution in [2.24, 2.45) is 0 Å². The van der Waals surface area contributed by atoms with Crippen molar-refractivity contribution in [1.82, 2.24) is 19.6 Å². The zero-order chi connectivity index (χ0) is 18.1. The standard InChI is InChI=1S/C18H18N4O3/c1-10-5-6-14(9-11(10)2)15(23)13(4)25-17(24)16-20-18-19-8-7-12(3)22(18)21-16/h5-9,13H,1-4H3. The van der Waals surface area contributed by atoms with Crippen LogP contribution in [-0.4, -0.2) is 37.4 Å². The largest absolute Gasteiger partial charge is 0.448 e. The second-order valence-electron chi connectivity index (χ2n) is 5.94. The van der Waals surface area contributed by atoms with Crippen LogP contribution in [0.5, 0.6) is 0 Å². The van der Waals surface area contributed by atoms with Gasteiger partial charge in [0.05, 0.1) is 0 Å². The molecule has 25 heavy (non-hydrogen) atoms. The Morgan fingerprint density at radius 1 is 1.12 bits per heavy atom. The van der Waals surface area contributed by atoms with Gasteiger partial charge in [0.15, 0.2) is 6.10 Å². The summed E-state index contributed by atoms with van der Waals surface area (Å²) in [5, 5.41) is 4.08. The van der Waals surface area contributed by atoms with Crippen LogP contribution in [0.15, 0.2) is 30.5 Å². The third-order valence-corrected chi connectivity index (χ3v) is 4.06. The first-order chi connectivity index (χ1) is 11.9. The van der Waals surface area contributed by atoms with E-state index in [1.54, 1.807) is 24.4 Å². The highest BCUT2D eigenvalue weighted by Gasteiger charge is 2.23. The van der Waals surface area contributed by atoms with Crippen molar-refractivity contribution in [3.63, 3.8) is 0 Å². The van der Waals surface area contributed by atoms with Gasteiger partial charge in [-0.3, -0.25) is 4.79 Å². The van der Waals surface area contributed by atoms with E-state index in [-0.39, 0.29) is 11.6 Å². The Morgan fingerprint density at radius 3 is 2.56 bits per heavy atom. The summed E-state index contributed by atoms with van der Waals surface area (Å²) in [4.78, 5) is 32.8. The number of aryl methyl sites for hydroxylation is 3. The van der Waals surface area contributed by atoms with E-state index in [2.05, 4.69) is 15.1 Å². The summed E-state index contributed by atoms with van der Waals surface area (Å²) in [6, 6.07) is 7.14. The van der Waals surface area contributed by atoms with Crippen LogP contribution in [0.2, 0.25) is 0 Å². The maximum Gasteiger partial charge on any atom is 0.379 e. The first-order valence-electron chi connectivity index (χ1n) is 7.87.